The summed E-state index contributed by atoms with van der Waals surface area (Å²) in [5, 5.41) is 14.4. The summed E-state index contributed by atoms with van der Waals surface area (Å²) in [5.74, 6) is 1.49. The van der Waals surface area contributed by atoms with Crippen LogP contribution in [0.1, 0.15) is 49.3 Å². The summed E-state index contributed by atoms with van der Waals surface area (Å²) in [6, 6.07) is 13.8. The van der Waals surface area contributed by atoms with E-state index in [1.54, 1.807) is 29.0 Å². The predicted molar refractivity (Wildman–Crippen MR) is 141 cm³/mol. The van der Waals surface area contributed by atoms with E-state index >= 15 is 0 Å². The molecule has 3 aromatic heterocycles. The zero-order valence-corrected chi connectivity index (χ0v) is 20.6. The third-order valence-corrected chi connectivity index (χ3v) is 7.33. The monoisotopic (exact) mass is 498 g/mol. The van der Waals surface area contributed by atoms with Gasteiger partial charge in [0.25, 0.3) is 5.56 Å². The van der Waals surface area contributed by atoms with Gasteiger partial charge in [0.1, 0.15) is 5.39 Å². The van der Waals surface area contributed by atoms with E-state index in [1.807, 2.05) is 0 Å². The van der Waals surface area contributed by atoms with Gasteiger partial charge in [0.2, 0.25) is 5.95 Å². The largest absolute Gasteiger partial charge is 0.379 e. The molecule has 0 bridgehead atoms. The lowest BCUT2D eigenvalue weighted by Gasteiger charge is -2.35. The van der Waals surface area contributed by atoms with Crippen LogP contribution in [0.4, 0.5) is 11.6 Å². The van der Waals surface area contributed by atoms with Crippen molar-refractivity contribution in [3.05, 3.63) is 82.9 Å². The van der Waals surface area contributed by atoms with E-state index in [1.165, 1.54) is 48.5 Å². The second kappa shape index (κ2) is 9.57. The molecule has 1 saturated carbocycles. The Balaban J connectivity index is 1.36. The highest BCUT2D eigenvalue weighted by Crippen LogP contribution is 2.33. The standard InChI is InChI=1S/C28H30N6O3/c1-2-15-33-26(35)22-16-29-27(30-21-13-11-20(12-14-21)19-7-4-3-5-8-19)32-25(22)34(33)24-10-6-9-23(31-24)28(36)17-37-18-28/h2,6,9-14,16,19,36H,1,3-5,7-8,15,17-18H2,(H,29,30,32). The number of allylic oxidation sites excluding steroid dienone is 1. The lowest BCUT2D eigenvalue weighted by atomic mass is 9.84. The van der Waals surface area contributed by atoms with Crippen LogP contribution in [0.5, 0.6) is 0 Å². The Morgan fingerprint density at radius 3 is 2.59 bits per heavy atom. The molecule has 9 heteroatoms. The maximum Gasteiger partial charge on any atom is 0.278 e. The molecule has 9 nitrogen and oxygen atoms in total. The Morgan fingerprint density at radius 2 is 1.89 bits per heavy atom. The normalized spacial score (nSPS) is 17.4. The van der Waals surface area contributed by atoms with Crippen molar-refractivity contribution >= 4 is 22.7 Å². The first-order chi connectivity index (χ1) is 18.1. The van der Waals surface area contributed by atoms with E-state index in [0.29, 0.717) is 34.4 Å². The van der Waals surface area contributed by atoms with Crippen molar-refractivity contribution in [2.24, 2.45) is 0 Å². The van der Waals surface area contributed by atoms with Crippen molar-refractivity contribution in [2.75, 3.05) is 18.5 Å². The quantitative estimate of drug-likeness (QED) is 0.368. The number of hydrogen-bond acceptors (Lipinski definition) is 7. The molecular formula is C28H30N6O3. The number of anilines is 2. The van der Waals surface area contributed by atoms with E-state index in [0.717, 1.165) is 5.69 Å². The van der Waals surface area contributed by atoms with Gasteiger partial charge in [-0.1, -0.05) is 43.5 Å². The van der Waals surface area contributed by atoms with Crippen molar-refractivity contribution in [2.45, 2.75) is 50.2 Å². The first kappa shape index (κ1) is 23.6. The lowest BCUT2D eigenvalue weighted by Crippen LogP contribution is -2.47. The summed E-state index contributed by atoms with van der Waals surface area (Å²) in [5.41, 5.74) is 1.79. The minimum absolute atomic E-state index is 0.186. The smallest absolute Gasteiger partial charge is 0.278 e. The Bertz CT molecular complexity index is 1500. The van der Waals surface area contributed by atoms with Gasteiger partial charge in [-0.05, 0) is 48.6 Å². The molecule has 6 rings (SSSR count). The average molecular weight is 499 g/mol. The molecule has 190 valence electrons. The number of benzene rings is 1. The van der Waals surface area contributed by atoms with Crippen LogP contribution in [0.25, 0.3) is 16.9 Å². The minimum Gasteiger partial charge on any atom is -0.379 e. The van der Waals surface area contributed by atoms with Gasteiger partial charge in [-0.15, -0.1) is 6.58 Å². The van der Waals surface area contributed by atoms with E-state index in [4.69, 9.17) is 9.72 Å². The van der Waals surface area contributed by atoms with Gasteiger partial charge >= 0.3 is 0 Å². The zero-order chi connectivity index (χ0) is 25.4. The van der Waals surface area contributed by atoms with E-state index in [-0.39, 0.29) is 25.3 Å². The van der Waals surface area contributed by atoms with Crippen LogP contribution in [0.3, 0.4) is 0 Å². The Morgan fingerprint density at radius 1 is 1.11 bits per heavy atom. The molecule has 2 fully saturated rings. The highest BCUT2D eigenvalue weighted by molar-refractivity contribution is 5.77. The number of nitrogens with one attached hydrogen (secondary N) is 1. The number of ether oxygens (including phenoxy) is 1. The molecule has 4 heterocycles. The van der Waals surface area contributed by atoms with E-state index in [9.17, 15) is 9.90 Å². The summed E-state index contributed by atoms with van der Waals surface area (Å²) in [6.07, 6.45) is 9.64. The summed E-state index contributed by atoms with van der Waals surface area (Å²) >= 11 is 0. The van der Waals surface area contributed by atoms with Crippen LogP contribution in [0, 0.1) is 0 Å². The van der Waals surface area contributed by atoms with Gasteiger partial charge in [0.15, 0.2) is 17.1 Å². The van der Waals surface area contributed by atoms with Gasteiger partial charge in [-0.25, -0.2) is 19.3 Å². The number of hydrogen-bond donors (Lipinski definition) is 2. The maximum absolute atomic E-state index is 13.2. The third-order valence-electron chi connectivity index (χ3n) is 7.33. The Kier molecular flexibility index (Phi) is 6.10. The Hall–Kier alpha value is -3.82. The summed E-state index contributed by atoms with van der Waals surface area (Å²) in [4.78, 5) is 27.0. The van der Waals surface area contributed by atoms with Crippen molar-refractivity contribution in [1.82, 2.24) is 24.3 Å². The topological polar surface area (TPSA) is 107 Å². The highest BCUT2D eigenvalue weighted by atomic mass is 16.5. The van der Waals surface area contributed by atoms with E-state index in [2.05, 4.69) is 46.1 Å². The van der Waals surface area contributed by atoms with Crippen LogP contribution in [0.2, 0.25) is 0 Å². The number of aliphatic hydroxyl groups is 1. The minimum atomic E-state index is -1.13. The summed E-state index contributed by atoms with van der Waals surface area (Å²) in [7, 11) is 0. The van der Waals surface area contributed by atoms with Crippen molar-refractivity contribution < 1.29 is 9.84 Å². The number of rotatable bonds is 7. The van der Waals surface area contributed by atoms with Gasteiger partial charge in [0.05, 0.1) is 25.5 Å². The van der Waals surface area contributed by atoms with Gasteiger partial charge in [-0.3, -0.25) is 4.79 Å². The fourth-order valence-corrected chi connectivity index (χ4v) is 5.26. The van der Waals surface area contributed by atoms with Crippen LogP contribution in [-0.2, 0) is 16.9 Å². The first-order valence-corrected chi connectivity index (χ1v) is 12.8. The van der Waals surface area contributed by atoms with Crippen LogP contribution < -0.4 is 10.9 Å². The molecule has 0 atom stereocenters. The molecule has 1 aliphatic heterocycles. The molecule has 2 N–H and O–H groups in total. The predicted octanol–water partition coefficient (Wildman–Crippen LogP) is 4.17. The highest BCUT2D eigenvalue weighted by Gasteiger charge is 2.39. The molecule has 0 spiro atoms. The van der Waals surface area contributed by atoms with Crippen LogP contribution >= 0.6 is 0 Å². The first-order valence-electron chi connectivity index (χ1n) is 12.8. The van der Waals surface area contributed by atoms with Gasteiger partial charge in [-0.2, -0.15) is 4.98 Å². The van der Waals surface area contributed by atoms with Crippen molar-refractivity contribution in [1.29, 1.82) is 0 Å². The third kappa shape index (κ3) is 4.34. The summed E-state index contributed by atoms with van der Waals surface area (Å²) < 4.78 is 8.37. The summed E-state index contributed by atoms with van der Waals surface area (Å²) in [6.45, 7) is 4.43. The molecule has 1 saturated heterocycles. The van der Waals surface area contributed by atoms with E-state index < -0.39 is 5.60 Å². The molecular weight excluding hydrogens is 468 g/mol. The molecule has 2 aliphatic rings. The van der Waals surface area contributed by atoms with Gasteiger partial charge in [0, 0.05) is 11.9 Å². The number of aromatic nitrogens is 5. The fourth-order valence-electron chi connectivity index (χ4n) is 5.26. The fraction of sp³-hybridized carbons (Fsp3) is 0.357. The molecule has 0 amide bonds. The zero-order valence-electron chi connectivity index (χ0n) is 20.6. The molecule has 37 heavy (non-hydrogen) atoms. The second-order valence-electron chi connectivity index (χ2n) is 9.91. The molecule has 1 aromatic carbocycles. The molecule has 0 radical (unpaired) electrons. The van der Waals surface area contributed by atoms with Gasteiger partial charge < -0.3 is 15.2 Å². The number of nitrogens with zero attached hydrogens (tertiary/aromatic N) is 5. The molecule has 0 unspecified atom stereocenters. The van der Waals surface area contributed by atoms with Crippen LogP contribution in [-0.4, -0.2) is 42.6 Å². The maximum atomic E-state index is 13.2. The number of fused-ring (bicyclic) bond motifs is 1. The van der Waals surface area contributed by atoms with Crippen molar-refractivity contribution in [3.63, 3.8) is 0 Å². The average Bonchev–Trinajstić information content (AvgIpc) is 3.19. The lowest BCUT2D eigenvalue weighted by molar-refractivity contribution is -0.186. The van der Waals surface area contributed by atoms with Crippen LogP contribution in [0.15, 0.2) is 66.1 Å². The molecule has 1 aliphatic carbocycles. The number of pyridine rings is 1. The van der Waals surface area contributed by atoms with Crippen molar-refractivity contribution in [3.8, 4) is 5.82 Å². The SMILES string of the molecule is C=CCn1c(=O)c2cnc(Nc3ccc(C4CCCCC4)cc3)nc2n1-c1cccc(C2(O)COC2)n1. The molecule has 4 aromatic rings. The Labute approximate surface area is 214 Å². The second-order valence-corrected chi connectivity index (χ2v) is 9.91.